The minimum atomic E-state index is -0.500. The molecule has 24 heavy (non-hydrogen) atoms. The van der Waals surface area contributed by atoms with Crippen LogP contribution in [0.2, 0.25) is 0 Å². The highest BCUT2D eigenvalue weighted by atomic mass is 16.7. The summed E-state index contributed by atoms with van der Waals surface area (Å²) in [6.45, 7) is 6.92. The van der Waals surface area contributed by atoms with Gasteiger partial charge >= 0.3 is 5.97 Å². The average molecular weight is 328 g/mol. The van der Waals surface area contributed by atoms with Crippen LogP contribution in [0.25, 0.3) is 0 Å². The molecule has 1 aromatic carbocycles. The van der Waals surface area contributed by atoms with Crippen LogP contribution in [-0.4, -0.2) is 33.9 Å². The number of hydrogen-bond donors (Lipinski definition) is 1. The molecule has 2 heterocycles. The van der Waals surface area contributed by atoms with Crippen molar-refractivity contribution in [3.8, 4) is 0 Å². The van der Waals surface area contributed by atoms with Crippen LogP contribution in [-0.2, 0) is 9.63 Å². The standard InChI is InChI=1S/C18H24N4O2/c1-18(2,3)17(23)24-21-10-14(11-21)16(13-7-5-4-6-8-13)22-12-15(19)9-20-22/h4-9,12,14,16H,10-11,19H2,1-3H3. The molecule has 1 unspecified atom stereocenters. The van der Waals surface area contributed by atoms with Crippen molar-refractivity contribution in [2.75, 3.05) is 18.8 Å². The highest BCUT2D eigenvalue weighted by Gasteiger charge is 2.39. The molecular weight excluding hydrogens is 304 g/mol. The van der Waals surface area contributed by atoms with Gasteiger partial charge in [0.2, 0.25) is 0 Å². The van der Waals surface area contributed by atoms with E-state index >= 15 is 0 Å². The van der Waals surface area contributed by atoms with Gasteiger partial charge in [0, 0.05) is 25.2 Å². The van der Waals surface area contributed by atoms with Crippen LogP contribution in [0.1, 0.15) is 32.4 Å². The number of aromatic nitrogens is 2. The predicted molar refractivity (Wildman–Crippen MR) is 91.8 cm³/mol. The van der Waals surface area contributed by atoms with Gasteiger partial charge in [-0.25, -0.2) is 4.79 Å². The summed E-state index contributed by atoms with van der Waals surface area (Å²) >= 11 is 0. The number of anilines is 1. The molecule has 0 saturated carbocycles. The number of nitrogen functional groups attached to an aromatic ring is 1. The third-order valence-corrected chi connectivity index (χ3v) is 4.19. The molecule has 2 N–H and O–H groups in total. The van der Waals surface area contributed by atoms with E-state index in [0.717, 1.165) is 0 Å². The van der Waals surface area contributed by atoms with Crippen molar-refractivity contribution in [3.05, 3.63) is 48.3 Å². The molecule has 1 aromatic heterocycles. The number of carbonyl (C=O) groups excluding carboxylic acids is 1. The Bertz CT molecular complexity index is 699. The Morgan fingerprint density at radius 1 is 1.29 bits per heavy atom. The van der Waals surface area contributed by atoms with Gasteiger partial charge in [0.15, 0.2) is 0 Å². The Labute approximate surface area is 142 Å². The Hall–Kier alpha value is -2.34. The summed E-state index contributed by atoms with van der Waals surface area (Å²) in [5, 5.41) is 6.11. The number of hydrogen-bond acceptors (Lipinski definition) is 5. The van der Waals surface area contributed by atoms with Gasteiger partial charge in [0.1, 0.15) is 0 Å². The van der Waals surface area contributed by atoms with Crippen LogP contribution in [0.4, 0.5) is 5.69 Å². The van der Waals surface area contributed by atoms with E-state index in [-0.39, 0.29) is 12.0 Å². The number of carbonyl (C=O) groups is 1. The smallest absolute Gasteiger partial charge is 0.330 e. The Kier molecular flexibility index (Phi) is 4.32. The second kappa shape index (κ2) is 6.28. The van der Waals surface area contributed by atoms with E-state index in [4.69, 9.17) is 10.6 Å². The van der Waals surface area contributed by atoms with E-state index in [1.807, 2.05) is 49.8 Å². The summed E-state index contributed by atoms with van der Waals surface area (Å²) in [6.07, 6.45) is 3.51. The molecule has 0 radical (unpaired) electrons. The van der Waals surface area contributed by atoms with Gasteiger partial charge in [-0.1, -0.05) is 30.3 Å². The first-order chi connectivity index (χ1) is 11.3. The van der Waals surface area contributed by atoms with E-state index < -0.39 is 5.41 Å². The number of hydroxylamine groups is 2. The van der Waals surface area contributed by atoms with Gasteiger partial charge in [0.05, 0.1) is 23.3 Å². The molecule has 1 atom stereocenters. The molecule has 1 aliphatic heterocycles. The predicted octanol–water partition coefficient (Wildman–Crippen LogP) is 2.49. The van der Waals surface area contributed by atoms with E-state index in [9.17, 15) is 4.79 Å². The van der Waals surface area contributed by atoms with E-state index in [1.165, 1.54) is 5.56 Å². The van der Waals surface area contributed by atoms with Crippen LogP contribution in [0.3, 0.4) is 0 Å². The molecular formula is C18H24N4O2. The topological polar surface area (TPSA) is 73.4 Å². The summed E-state index contributed by atoms with van der Waals surface area (Å²) < 4.78 is 1.90. The van der Waals surface area contributed by atoms with Crippen LogP contribution in [0.5, 0.6) is 0 Å². The summed E-state index contributed by atoms with van der Waals surface area (Å²) in [5.41, 5.74) is 7.15. The van der Waals surface area contributed by atoms with Crippen molar-refractivity contribution in [2.45, 2.75) is 26.8 Å². The van der Waals surface area contributed by atoms with Crippen molar-refractivity contribution >= 4 is 11.7 Å². The Morgan fingerprint density at radius 2 is 1.96 bits per heavy atom. The minimum Gasteiger partial charge on any atom is -0.396 e. The fourth-order valence-corrected chi connectivity index (χ4v) is 2.79. The minimum absolute atomic E-state index is 0.0769. The lowest BCUT2D eigenvalue weighted by molar-refractivity contribution is -0.231. The second-order valence-corrected chi connectivity index (χ2v) is 7.34. The zero-order valence-corrected chi connectivity index (χ0v) is 14.3. The quantitative estimate of drug-likeness (QED) is 0.933. The van der Waals surface area contributed by atoms with Gasteiger partial charge in [-0.3, -0.25) is 4.68 Å². The largest absolute Gasteiger partial charge is 0.396 e. The first kappa shape index (κ1) is 16.5. The molecule has 0 aliphatic carbocycles. The SMILES string of the molecule is CC(C)(C)C(=O)ON1CC(C(c2ccccc2)n2cc(N)cn2)C1. The maximum absolute atomic E-state index is 12.0. The van der Waals surface area contributed by atoms with Crippen LogP contribution < -0.4 is 5.73 Å². The lowest BCUT2D eigenvalue weighted by atomic mass is 9.88. The molecule has 6 heteroatoms. The second-order valence-electron chi connectivity index (χ2n) is 7.34. The van der Waals surface area contributed by atoms with E-state index in [2.05, 4.69) is 17.2 Å². The average Bonchev–Trinajstić information content (AvgIpc) is 2.91. The summed E-state index contributed by atoms with van der Waals surface area (Å²) in [6, 6.07) is 10.3. The van der Waals surface area contributed by atoms with Crippen molar-refractivity contribution < 1.29 is 9.63 Å². The highest BCUT2D eigenvalue weighted by molar-refractivity contribution is 5.75. The van der Waals surface area contributed by atoms with Gasteiger partial charge < -0.3 is 10.6 Å². The maximum Gasteiger partial charge on any atom is 0.330 e. The molecule has 0 bridgehead atoms. The monoisotopic (exact) mass is 328 g/mol. The fraction of sp³-hybridized carbons (Fsp3) is 0.444. The molecule has 0 spiro atoms. The Morgan fingerprint density at radius 3 is 2.50 bits per heavy atom. The van der Waals surface area contributed by atoms with Crippen LogP contribution in [0.15, 0.2) is 42.7 Å². The van der Waals surface area contributed by atoms with E-state index in [0.29, 0.717) is 24.7 Å². The van der Waals surface area contributed by atoms with Crippen molar-refractivity contribution in [2.24, 2.45) is 11.3 Å². The zero-order chi connectivity index (χ0) is 17.3. The fourth-order valence-electron chi connectivity index (χ4n) is 2.79. The molecule has 1 fully saturated rings. The lowest BCUT2D eigenvalue weighted by Gasteiger charge is -2.42. The number of benzene rings is 1. The molecule has 6 nitrogen and oxygen atoms in total. The van der Waals surface area contributed by atoms with E-state index in [1.54, 1.807) is 11.3 Å². The summed E-state index contributed by atoms with van der Waals surface area (Å²) in [5.74, 6) is 0.0972. The summed E-state index contributed by atoms with van der Waals surface area (Å²) in [4.78, 5) is 17.4. The van der Waals surface area contributed by atoms with Crippen molar-refractivity contribution in [1.29, 1.82) is 0 Å². The van der Waals surface area contributed by atoms with Crippen molar-refractivity contribution in [1.82, 2.24) is 14.8 Å². The molecule has 1 saturated heterocycles. The third-order valence-electron chi connectivity index (χ3n) is 4.19. The molecule has 0 amide bonds. The van der Waals surface area contributed by atoms with Crippen molar-refractivity contribution in [3.63, 3.8) is 0 Å². The van der Waals surface area contributed by atoms with Crippen LogP contribution in [0, 0.1) is 11.3 Å². The molecule has 2 aromatic rings. The normalized spacial score (nSPS) is 17.3. The first-order valence-electron chi connectivity index (χ1n) is 8.16. The number of nitrogens with two attached hydrogens (primary N) is 1. The van der Waals surface area contributed by atoms with Gasteiger partial charge in [-0.2, -0.15) is 5.10 Å². The molecule has 1 aliphatic rings. The maximum atomic E-state index is 12.0. The number of rotatable bonds is 4. The third kappa shape index (κ3) is 3.43. The van der Waals surface area contributed by atoms with Gasteiger partial charge in [0.25, 0.3) is 0 Å². The molecule has 3 rings (SSSR count). The summed E-state index contributed by atoms with van der Waals surface area (Å²) in [7, 11) is 0. The lowest BCUT2D eigenvalue weighted by Crippen LogP contribution is -2.52. The van der Waals surface area contributed by atoms with Gasteiger partial charge in [-0.05, 0) is 26.3 Å². The zero-order valence-electron chi connectivity index (χ0n) is 14.3. The first-order valence-corrected chi connectivity index (χ1v) is 8.16. The highest BCUT2D eigenvalue weighted by Crippen LogP contribution is 2.34. The van der Waals surface area contributed by atoms with Gasteiger partial charge in [-0.15, -0.1) is 5.06 Å². The molecule has 128 valence electrons. The Balaban J connectivity index is 1.72. The number of nitrogens with zero attached hydrogens (tertiary/aromatic N) is 3. The van der Waals surface area contributed by atoms with Crippen LogP contribution >= 0.6 is 0 Å².